The first-order valence-corrected chi connectivity index (χ1v) is 14.6. The molecule has 0 aromatic heterocycles. The number of carbonyl (C=O) groups excluding carboxylic acids is 4. The lowest BCUT2D eigenvalue weighted by molar-refractivity contribution is -0.137. The van der Waals surface area contributed by atoms with Crippen molar-refractivity contribution in [2.75, 3.05) is 27.4 Å². The van der Waals surface area contributed by atoms with Crippen LogP contribution in [0.4, 0.5) is 9.59 Å². The second-order valence-electron chi connectivity index (χ2n) is 9.69. The Morgan fingerprint density at radius 1 is 1.05 bits per heavy atom. The van der Waals surface area contributed by atoms with Crippen molar-refractivity contribution in [2.24, 2.45) is 5.92 Å². The van der Waals surface area contributed by atoms with E-state index in [1.165, 1.54) is 11.9 Å². The van der Waals surface area contributed by atoms with Gasteiger partial charge in [-0.2, -0.15) is 5.26 Å². The number of hydrogen-bond donors (Lipinski definition) is 1. The number of likely N-dealkylation sites (N-methyl/N-ethyl adjacent to an activating group) is 2. The fourth-order valence-corrected chi connectivity index (χ4v) is 6.22. The number of amides is 1. The molecule has 1 amide bonds. The number of rotatable bonds is 7. The average molecular weight is 636 g/mol. The summed E-state index contributed by atoms with van der Waals surface area (Å²) in [6.07, 6.45) is 0.681. The lowest BCUT2D eigenvalue weighted by Gasteiger charge is -2.37. The van der Waals surface area contributed by atoms with Crippen molar-refractivity contribution in [1.29, 1.82) is 5.26 Å². The molecule has 0 saturated carbocycles. The third-order valence-corrected chi connectivity index (χ3v) is 8.25. The molecule has 2 aliphatic rings. The Hall–Kier alpha value is -4.51. The van der Waals surface area contributed by atoms with Gasteiger partial charge in [0.1, 0.15) is 17.8 Å². The van der Waals surface area contributed by atoms with Crippen LogP contribution in [0.2, 0.25) is 0 Å². The van der Waals surface area contributed by atoms with Crippen molar-refractivity contribution in [2.45, 2.75) is 17.3 Å². The number of thiol groups is 1. The van der Waals surface area contributed by atoms with Crippen LogP contribution in [0.5, 0.6) is 23.0 Å². The van der Waals surface area contributed by atoms with Crippen LogP contribution in [0.25, 0.3) is 0 Å². The summed E-state index contributed by atoms with van der Waals surface area (Å²) < 4.78 is 21.0. The van der Waals surface area contributed by atoms with Crippen LogP contribution in [0.15, 0.2) is 78.9 Å². The van der Waals surface area contributed by atoms with Gasteiger partial charge >= 0.3 is 10.6 Å². The van der Waals surface area contributed by atoms with Crippen molar-refractivity contribution in [3.05, 3.63) is 84.4 Å². The molecule has 0 bridgehead atoms. The Morgan fingerprint density at radius 2 is 1.66 bits per heavy atom. The summed E-state index contributed by atoms with van der Waals surface area (Å²) in [5, 5.41) is 8.72. The van der Waals surface area contributed by atoms with E-state index in [4.69, 9.17) is 14.2 Å². The zero-order valence-corrected chi connectivity index (χ0v) is 25.5. The smallest absolute Gasteiger partial charge is 0.375 e. The number of para-hydroxylation sites is 2. The zero-order chi connectivity index (χ0) is 31.7. The maximum Gasteiger partial charge on any atom is 0.375 e. The molecule has 3 atom stereocenters. The molecule has 11 nitrogen and oxygen atoms in total. The highest BCUT2D eigenvalue weighted by Gasteiger charge is 2.58. The lowest BCUT2D eigenvalue weighted by Crippen LogP contribution is -2.53. The van der Waals surface area contributed by atoms with E-state index in [-0.39, 0.29) is 19.8 Å². The molecule has 13 heteroatoms. The number of thioether (sulfide) groups is 1. The maximum atomic E-state index is 13.6. The summed E-state index contributed by atoms with van der Waals surface area (Å²) in [5.41, 5.74) is 0.753. The number of hydrogen-bond acceptors (Lipinski definition) is 11. The van der Waals surface area contributed by atoms with Gasteiger partial charge < -0.3 is 28.6 Å². The molecular weight excluding hydrogens is 606 g/mol. The summed E-state index contributed by atoms with van der Waals surface area (Å²) in [4.78, 5) is 49.5. The van der Waals surface area contributed by atoms with Gasteiger partial charge in [0.25, 0.3) is 5.91 Å². The number of likely N-dealkylation sites (tertiary alicyclic amines) is 1. The topological polar surface area (TPSA) is 135 Å². The number of carbonyl (C=O) groups is 4. The molecule has 0 N–H and O–H groups in total. The van der Waals surface area contributed by atoms with Gasteiger partial charge in [0.05, 0.1) is 24.6 Å². The van der Waals surface area contributed by atoms with Gasteiger partial charge in [-0.25, -0.2) is 9.59 Å². The van der Waals surface area contributed by atoms with Crippen molar-refractivity contribution in [1.82, 2.24) is 9.80 Å². The molecule has 2 aliphatic heterocycles. The number of ether oxygens (including phenoxy) is 4. The van der Waals surface area contributed by atoms with Crippen molar-refractivity contribution >= 4 is 47.2 Å². The van der Waals surface area contributed by atoms with Crippen molar-refractivity contribution < 1.29 is 38.1 Å². The van der Waals surface area contributed by atoms with Gasteiger partial charge in [-0.1, -0.05) is 55.1 Å². The van der Waals surface area contributed by atoms with Crippen LogP contribution in [0.3, 0.4) is 0 Å². The highest BCUT2D eigenvalue weighted by atomic mass is 32.2. The molecule has 1 saturated heterocycles. The Balaban J connectivity index is 0.000000375. The summed E-state index contributed by atoms with van der Waals surface area (Å²) in [6, 6.07) is 24.5. The second kappa shape index (κ2) is 14.8. The van der Waals surface area contributed by atoms with E-state index in [1.54, 1.807) is 78.7 Å². The van der Waals surface area contributed by atoms with Gasteiger partial charge in [-0.05, 0) is 60.8 Å². The predicted octanol–water partition coefficient (Wildman–Crippen LogP) is 5.33. The summed E-state index contributed by atoms with van der Waals surface area (Å²) in [5.74, 6) is 0.945. The minimum atomic E-state index is -1.45. The highest BCUT2D eigenvalue weighted by molar-refractivity contribution is 8.15. The van der Waals surface area contributed by atoms with Crippen molar-refractivity contribution in [3.63, 3.8) is 0 Å². The van der Waals surface area contributed by atoms with Gasteiger partial charge in [-0.3, -0.25) is 9.69 Å². The third kappa shape index (κ3) is 7.52. The Bertz CT molecular complexity index is 1540. The molecule has 44 heavy (non-hydrogen) atoms. The maximum absolute atomic E-state index is 13.6. The van der Waals surface area contributed by atoms with E-state index < -0.39 is 33.3 Å². The molecule has 3 aromatic carbocycles. The standard InChI is InChI=1S/C24H23N3O6S.C7H6O2S/c1-26(10-11-28)22(29)24(34-23(30)33-18-6-4-3-5-7-18)13-17(14-25)21(27(24)2)16-8-9-19-20(12-16)32-15-31-19;8-7(10)9-6-4-2-1-3-5-6/h3-9,11-12,17,21H,10,13,15H2,1-2H3;1-5H,(H,8,10)/t17?,21-,24-;/m0./s1. The second-order valence-corrected chi connectivity index (χ2v) is 11.3. The fourth-order valence-electron chi connectivity index (χ4n) is 4.94. The van der Waals surface area contributed by atoms with Gasteiger partial charge in [0.2, 0.25) is 6.79 Å². The molecule has 2 heterocycles. The average Bonchev–Trinajstić information content (AvgIpc) is 3.59. The van der Waals surface area contributed by atoms with E-state index >= 15 is 0 Å². The molecule has 0 aliphatic carbocycles. The Morgan fingerprint density at radius 3 is 2.25 bits per heavy atom. The van der Waals surface area contributed by atoms with Gasteiger partial charge in [0.15, 0.2) is 16.4 Å². The first kappa shape index (κ1) is 32.4. The lowest BCUT2D eigenvalue weighted by atomic mass is 9.94. The molecule has 228 valence electrons. The molecule has 0 radical (unpaired) electrons. The third-order valence-electron chi connectivity index (χ3n) is 6.94. The Kier molecular flexibility index (Phi) is 10.9. The molecule has 1 fully saturated rings. The van der Waals surface area contributed by atoms with Crippen LogP contribution in [-0.2, 0) is 9.59 Å². The first-order chi connectivity index (χ1) is 21.2. The minimum Gasteiger partial charge on any atom is -0.454 e. The highest BCUT2D eigenvalue weighted by Crippen LogP contribution is 2.53. The van der Waals surface area contributed by atoms with E-state index in [0.29, 0.717) is 41.0 Å². The summed E-state index contributed by atoms with van der Waals surface area (Å²) >= 11 is 4.16. The number of benzene rings is 3. The molecule has 3 aromatic rings. The monoisotopic (exact) mass is 635 g/mol. The van der Waals surface area contributed by atoms with Gasteiger partial charge in [-0.15, -0.1) is 0 Å². The Labute approximate surface area is 264 Å². The fraction of sp³-hybridized carbons (Fsp3) is 0.258. The van der Waals surface area contributed by atoms with E-state index in [2.05, 4.69) is 23.4 Å². The predicted molar refractivity (Wildman–Crippen MR) is 165 cm³/mol. The zero-order valence-electron chi connectivity index (χ0n) is 23.8. The van der Waals surface area contributed by atoms with Crippen LogP contribution in [0, 0.1) is 17.2 Å². The number of nitriles is 1. The normalized spacial score (nSPS) is 20.0. The van der Waals surface area contributed by atoms with Crippen LogP contribution < -0.4 is 18.9 Å². The molecule has 1 unspecified atom stereocenters. The van der Waals surface area contributed by atoms with Crippen LogP contribution >= 0.6 is 24.4 Å². The molecular formula is C31H29N3O8S2. The van der Waals surface area contributed by atoms with E-state index in [1.807, 2.05) is 12.1 Å². The molecule has 0 spiro atoms. The van der Waals surface area contributed by atoms with Crippen molar-refractivity contribution in [3.8, 4) is 29.1 Å². The largest absolute Gasteiger partial charge is 0.454 e. The summed E-state index contributed by atoms with van der Waals surface area (Å²) in [6.45, 7) is -0.0321. The number of aldehydes is 1. The SMILES string of the molecule is CN(CC=O)C(=O)[C@@]1(SC(=O)Oc2ccccc2)CC(C#N)[C@H](c2ccc3c(c2)OCO3)N1C.O=C(S)Oc1ccccc1. The van der Waals surface area contributed by atoms with Crippen LogP contribution in [-0.4, -0.2) is 64.9 Å². The number of fused-ring (bicyclic) bond motifs is 1. The first-order valence-electron chi connectivity index (χ1n) is 13.3. The summed E-state index contributed by atoms with van der Waals surface area (Å²) in [7, 11) is 3.19. The van der Waals surface area contributed by atoms with Gasteiger partial charge in [0, 0.05) is 13.5 Å². The quantitative estimate of drug-likeness (QED) is 0.205. The number of nitrogens with zero attached hydrogens (tertiary/aromatic N) is 3. The van der Waals surface area contributed by atoms with E-state index in [0.717, 1.165) is 5.56 Å². The van der Waals surface area contributed by atoms with E-state index in [9.17, 15) is 24.4 Å². The van der Waals surface area contributed by atoms with Crippen LogP contribution in [0.1, 0.15) is 18.0 Å². The molecule has 5 rings (SSSR count). The minimum absolute atomic E-state index is 0.0652.